The highest BCUT2D eigenvalue weighted by atomic mass is 19.1. The van der Waals surface area contributed by atoms with Crippen LogP contribution in [0.2, 0.25) is 0 Å². The number of nitrogens with one attached hydrogen (secondary N) is 3. The molecule has 3 atom stereocenters. The smallest absolute Gasteiger partial charge is 0.270 e. The van der Waals surface area contributed by atoms with Crippen LogP contribution < -0.4 is 16.0 Å². The standard InChI is InChI=1S/C33H46FN7O5/c1-4-27(43)37-29(33(46)40-15-13-39(3)14-16-40)20(2)23-9-10-25(24(34)19-23)36-32(45)30(28(21-5-6-21)22-7-8-22)38-31(44)26-11-12-35-41(26)17-18-42/h9-12,19-22,28-30,42H,4-8,13-18H2,1-3H3,(H,36,45)(H,37,43)(H,38,44)/t20-,29+,30-/m0/s1. The van der Waals surface area contributed by atoms with Crippen molar-refractivity contribution in [3.05, 3.63) is 47.5 Å². The number of halogens is 1. The van der Waals surface area contributed by atoms with E-state index >= 15 is 4.39 Å². The van der Waals surface area contributed by atoms with Gasteiger partial charge in [0.2, 0.25) is 17.7 Å². The average molecular weight is 640 g/mol. The quantitative estimate of drug-likeness (QED) is 0.247. The largest absolute Gasteiger partial charge is 0.394 e. The minimum absolute atomic E-state index is 0.0320. The molecule has 0 radical (unpaired) electrons. The van der Waals surface area contributed by atoms with E-state index in [1.165, 1.54) is 29.1 Å². The van der Waals surface area contributed by atoms with Crippen LogP contribution in [0, 0.1) is 23.6 Å². The Kier molecular flexibility index (Phi) is 10.7. The lowest BCUT2D eigenvalue weighted by Gasteiger charge is -2.36. The zero-order valence-electron chi connectivity index (χ0n) is 26.9. The second-order valence-electron chi connectivity index (χ2n) is 12.9. The van der Waals surface area contributed by atoms with Gasteiger partial charge in [-0.1, -0.05) is 19.9 Å². The Balaban J connectivity index is 1.33. The van der Waals surface area contributed by atoms with Crippen LogP contribution in [0.25, 0.3) is 0 Å². The van der Waals surface area contributed by atoms with Crippen molar-refractivity contribution in [3.63, 3.8) is 0 Å². The van der Waals surface area contributed by atoms with Crippen molar-refractivity contribution in [2.45, 2.75) is 70.5 Å². The topological polar surface area (TPSA) is 149 Å². The maximum Gasteiger partial charge on any atom is 0.270 e. The summed E-state index contributed by atoms with van der Waals surface area (Å²) in [6, 6.07) is 4.21. The molecule has 0 unspecified atom stereocenters. The number of aliphatic hydroxyl groups is 1. The number of hydrogen-bond donors (Lipinski definition) is 4. The van der Waals surface area contributed by atoms with Crippen LogP contribution in [0.15, 0.2) is 30.5 Å². The molecule has 250 valence electrons. The number of aliphatic hydroxyl groups excluding tert-OH is 1. The molecule has 0 bridgehead atoms. The number of carbonyl (C=O) groups excluding carboxylic acids is 4. The first-order valence-electron chi connectivity index (χ1n) is 16.4. The van der Waals surface area contributed by atoms with Crippen molar-refractivity contribution < 1.29 is 28.7 Å². The van der Waals surface area contributed by atoms with Gasteiger partial charge in [-0.3, -0.25) is 23.9 Å². The Labute approximate surface area is 269 Å². The lowest BCUT2D eigenvalue weighted by molar-refractivity contribution is -0.138. The van der Waals surface area contributed by atoms with Gasteiger partial charge in [-0.25, -0.2) is 4.39 Å². The number of amides is 4. The van der Waals surface area contributed by atoms with E-state index in [0.717, 1.165) is 38.8 Å². The minimum Gasteiger partial charge on any atom is -0.394 e. The number of nitrogens with zero attached hydrogens (tertiary/aromatic N) is 4. The third-order valence-electron chi connectivity index (χ3n) is 9.54. The second kappa shape index (κ2) is 14.7. The maximum absolute atomic E-state index is 15.7. The number of aromatic nitrogens is 2. The van der Waals surface area contributed by atoms with Gasteiger partial charge in [0, 0.05) is 44.7 Å². The van der Waals surface area contributed by atoms with Crippen molar-refractivity contribution in [2.75, 3.05) is 45.2 Å². The summed E-state index contributed by atoms with van der Waals surface area (Å²) in [6.45, 7) is 5.99. The summed E-state index contributed by atoms with van der Waals surface area (Å²) in [5.74, 6) is -2.10. The fraction of sp³-hybridized carbons (Fsp3) is 0.606. The number of anilines is 1. The van der Waals surface area contributed by atoms with E-state index in [1.807, 2.05) is 7.05 Å². The van der Waals surface area contributed by atoms with Gasteiger partial charge in [0.25, 0.3) is 5.91 Å². The van der Waals surface area contributed by atoms with Crippen LogP contribution in [-0.4, -0.2) is 100 Å². The zero-order chi connectivity index (χ0) is 33.0. The molecule has 3 fully saturated rings. The fourth-order valence-corrected chi connectivity index (χ4v) is 6.46. The molecule has 4 N–H and O–H groups in total. The molecule has 1 aromatic carbocycles. The molecule has 1 aliphatic heterocycles. The Morgan fingerprint density at radius 1 is 1.00 bits per heavy atom. The van der Waals surface area contributed by atoms with Crippen LogP contribution >= 0.6 is 0 Å². The summed E-state index contributed by atoms with van der Waals surface area (Å²) < 4.78 is 17.1. The number of piperazine rings is 1. The lowest BCUT2D eigenvalue weighted by atomic mass is 9.88. The van der Waals surface area contributed by atoms with Gasteiger partial charge in [-0.15, -0.1) is 0 Å². The van der Waals surface area contributed by atoms with E-state index in [1.54, 1.807) is 24.8 Å². The van der Waals surface area contributed by atoms with E-state index in [9.17, 15) is 24.3 Å². The van der Waals surface area contributed by atoms with E-state index in [0.29, 0.717) is 30.5 Å². The zero-order valence-corrected chi connectivity index (χ0v) is 26.9. The van der Waals surface area contributed by atoms with Gasteiger partial charge in [0.05, 0.1) is 18.8 Å². The monoisotopic (exact) mass is 639 g/mol. The van der Waals surface area contributed by atoms with Crippen LogP contribution in [-0.2, 0) is 20.9 Å². The number of likely N-dealkylation sites (N-methyl/N-ethyl adjacent to an activating group) is 1. The Morgan fingerprint density at radius 3 is 2.26 bits per heavy atom. The summed E-state index contributed by atoms with van der Waals surface area (Å²) in [4.78, 5) is 57.0. The molecule has 46 heavy (non-hydrogen) atoms. The SMILES string of the molecule is CCC(=O)N[C@@H](C(=O)N1CCN(C)CC1)[C@@H](C)c1ccc(NC(=O)[C@@H](NC(=O)c2ccnn2CCO)C(C2CC2)C2CC2)c(F)c1. The highest BCUT2D eigenvalue weighted by molar-refractivity contribution is 6.01. The van der Waals surface area contributed by atoms with Gasteiger partial charge in [-0.05, 0) is 74.2 Å². The first-order chi connectivity index (χ1) is 22.1. The number of rotatable bonds is 14. The molecule has 2 heterocycles. The fourth-order valence-electron chi connectivity index (χ4n) is 6.46. The molecule has 1 saturated heterocycles. The molecule has 2 saturated carbocycles. The molecule has 2 aromatic rings. The average Bonchev–Trinajstić information content (AvgIpc) is 3.99. The van der Waals surface area contributed by atoms with E-state index < -0.39 is 35.6 Å². The second-order valence-corrected chi connectivity index (χ2v) is 12.9. The van der Waals surface area contributed by atoms with Crippen molar-refractivity contribution in [2.24, 2.45) is 17.8 Å². The summed E-state index contributed by atoms with van der Waals surface area (Å²) in [6.07, 6.45) is 5.59. The molecule has 12 nitrogen and oxygen atoms in total. The van der Waals surface area contributed by atoms with E-state index in [-0.39, 0.29) is 48.7 Å². The summed E-state index contributed by atoms with van der Waals surface area (Å²) in [5, 5.41) is 21.9. The van der Waals surface area contributed by atoms with Gasteiger partial charge in [0.15, 0.2) is 0 Å². The molecule has 1 aromatic heterocycles. The van der Waals surface area contributed by atoms with Crippen LogP contribution in [0.4, 0.5) is 10.1 Å². The Bertz CT molecular complexity index is 1400. The third kappa shape index (κ3) is 7.92. The van der Waals surface area contributed by atoms with Gasteiger partial charge in [0.1, 0.15) is 23.6 Å². The van der Waals surface area contributed by atoms with Gasteiger partial charge in [-0.2, -0.15) is 5.10 Å². The molecule has 13 heteroatoms. The molecular weight excluding hydrogens is 593 g/mol. The highest BCUT2D eigenvalue weighted by Gasteiger charge is 2.48. The maximum atomic E-state index is 15.7. The minimum atomic E-state index is -0.877. The number of hydrogen-bond acceptors (Lipinski definition) is 7. The highest BCUT2D eigenvalue weighted by Crippen LogP contribution is 2.51. The van der Waals surface area contributed by atoms with Crippen LogP contribution in [0.5, 0.6) is 0 Å². The van der Waals surface area contributed by atoms with E-state index in [4.69, 9.17) is 0 Å². The molecular formula is C33H46FN7O5. The molecule has 5 rings (SSSR count). The Morgan fingerprint density at radius 2 is 1.67 bits per heavy atom. The molecule has 4 amide bonds. The molecule has 3 aliphatic rings. The lowest BCUT2D eigenvalue weighted by Crippen LogP contribution is -2.55. The first-order valence-corrected chi connectivity index (χ1v) is 16.4. The summed E-state index contributed by atoms with van der Waals surface area (Å²) in [5.41, 5.74) is 0.711. The Hall–Kier alpha value is -3.84. The van der Waals surface area contributed by atoms with E-state index in [2.05, 4.69) is 25.9 Å². The van der Waals surface area contributed by atoms with Gasteiger partial charge < -0.3 is 30.9 Å². The van der Waals surface area contributed by atoms with Crippen LogP contribution in [0.3, 0.4) is 0 Å². The third-order valence-corrected chi connectivity index (χ3v) is 9.54. The normalized spacial score (nSPS) is 19.0. The summed E-state index contributed by atoms with van der Waals surface area (Å²) in [7, 11) is 1.99. The molecule has 0 spiro atoms. The predicted molar refractivity (Wildman–Crippen MR) is 169 cm³/mol. The number of benzene rings is 1. The number of carbonyl (C=O) groups is 4. The van der Waals surface area contributed by atoms with Crippen molar-refractivity contribution in [1.29, 1.82) is 0 Å². The van der Waals surface area contributed by atoms with Gasteiger partial charge >= 0.3 is 0 Å². The van der Waals surface area contributed by atoms with Crippen molar-refractivity contribution in [3.8, 4) is 0 Å². The van der Waals surface area contributed by atoms with Crippen molar-refractivity contribution >= 4 is 29.3 Å². The van der Waals surface area contributed by atoms with Crippen LogP contribution in [0.1, 0.15) is 67.9 Å². The summed E-state index contributed by atoms with van der Waals surface area (Å²) >= 11 is 0. The molecule has 2 aliphatic carbocycles. The van der Waals surface area contributed by atoms with Crippen molar-refractivity contribution in [1.82, 2.24) is 30.2 Å². The predicted octanol–water partition coefficient (Wildman–Crippen LogP) is 1.96. The first kappa shape index (κ1) is 33.5.